The van der Waals surface area contributed by atoms with Crippen molar-refractivity contribution in [1.82, 2.24) is 25.5 Å². The minimum absolute atomic E-state index is 0.839. The fourth-order valence-corrected chi connectivity index (χ4v) is 3.25. The number of hydrogen-bond donors (Lipinski definition) is 2. The second kappa shape index (κ2) is 11.9. The lowest BCUT2D eigenvalue weighted by atomic mass is 10.3. The molecule has 2 heterocycles. The Morgan fingerprint density at radius 2 is 1.84 bits per heavy atom. The maximum absolute atomic E-state index is 4.33. The van der Waals surface area contributed by atoms with Crippen molar-refractivity contribution in [2.24, 2.45) is 4.99 Å². The molecule has 0 aliphatic carbocycles. The number of rotatable bonds is 9. The molecule has 0 saturated carbocycles. The Morgan fingerprint density at radius 1 is 1.12 bits per heavy atom. The molecule has 0 unspecified atom stereocenters. The van der Waals surface area contributed by atoms with Gasteiger partial charge in [-0.15, -0.1) is 0 Å². The van der Waals surface area contributed by atoms with Crippen molar-refractivity contribution in [3.63, 3.8) is 0 Å². The van der Waals surface area contributed by atoms with Crippen molar-refractivity contribution in [3.8, 4) is 0 Å². The van der Waals surface area contributed by atoms with Gasteiger partial charge in [0.25, 0.3) is 0 Å². The first-order chi connectivity index (χ1) is 12.3. The van der Waals surface area contributed by atoms with Gasteiger partial charge < -0.3 is 15.5 Å². The van der Waals surface area contributed by atoms with Gasteiger partial charge in [0.1, 0.15) is 0 Å². The summed E-state index contributed by atoms with van der Waals surface area (Å²) >= 11 is 1.90. The molecule has 0 aromatic carbocycles. The summed E-state index contributed by atoms with van der Waals surface area (Å²) < 4.78 is 0. The minimum Gasteiger partial charge on any atom is -0.356 e. The zero-order valence-electron chi connectivity index (χ0n) is 15.4. The number of nitrogens with one attached hydrogen (secondary N) is 2. The van der Waals surface area contributed by atoms with Gasteiger partial charge in [-0.05, 0) is 30.9 Å². The quantitative estimate of drug-likeness (QED) is 0.383. The first-order valence-corrected chi connectivity index (χ1v) is 10.4. The number of nitrogens with zero attached hydrogens (tertiary/aromatic N) is 5. The fraction of sp³-hybridized carbons (Fsp3) is 0.706. The largest absolute Gasteiger partial charge is 0.356 e. The minimum atomic E-state index is 0.839. The second-order valence-electron chi connectivity index (χ2n) is 6.00. The molecule has 1 aromatic rings. The lowest BCUT2D eigenvalue weighted by Gasteiger charge is -2.34. The van der Waals surface area contributed by atoms with E-state index in [1.54, 1.807) is 12.4 Å². The predicted molar refractivity (Wildman–Crippen MR) is 108 cm³/mol. The monoisotopic (exact) mass is 365 g/mol. The Balaban J connectivity index is 1.57. The van der Waals surface area contributed by atoms with Gasteiger partial charge in [-0.2, -0.15) is 11.8 Å². The molecule has 1 aliphatic rings. The topological polar surface area (TPSA) is 68.7 Å². The van der Waals surface area contributed by atoms with Crippen LogP contribution in [0.25, 0.3) is 0 Å². The molecule has 8 heteroatoms. The zero-order valence-corrected chi connectivity index (χ0v) is 16.3. The third-order valence-corrected chi connectivity index (χ3v) is 4.92. The third kappa shape index (κ3) is 7.48. The van der Waals surface area contributed by atoms with E-state index in [1.807, 2.05) is 24.9 Å². The molecule has 1 aliphatic heterocycles. The maximum atomic E-state index is 4.33. The van der Waals surface area contributed by atoms with Crippen LogP contribution in [0.2, 0.25) is 0 Å². The van der Waals surface area contributed by atoms with Crippen molar-refractivity contribution in [2.75, 3.05) is 69.8 Å². The molecule has 0 radical (unpaired) electrons. The normalized spacial score (nSPS) is 16.1. The van der Waals surface area contributed by atoms with E-state index in [0.29, 0.717) is 0 Å². The summed E-state index contributed by atoms with van der Waals surface area (Å²) in [6.07, 6.45) is 8.20. The molecule has 0 amide bonds. The van der Waals surface area contributed by atoms with E-state index in [0.717, 1.165) is 57.7 Å². The molecule has 1 saturated heterocycles. The Bertz CT molecular complexity index is 489. The van der Waals surface area contributed by atoms with Crippen molar-refractivity contribution >= 4 is 23.7 Å². The van der Waals surface area contributed by atoms with Gasteiger partial charge in [-0.3, -0.25) is 9.89 Å². The van der Waals surface area contributed by atoms with Gasteiger partial charge in [0, 0.05) is 65.3 Å². The average Bonchev–Trinajstić information content (AvgIpc) is 2.67. The molecule has 25 heavy (non-hydrogen) atoms. The van der Waals surface area contributed by atoms with E-state index in [1.165, 1.54) is 18.6 Å². The van der Waals surface area contributed by atoms with Gasteiger partial charge in [-0.1, -0.05) is 0 Å². The Hall–Kier alpha value is -1.54. The van der Waals surface area contributed by atoms with Crippen molar-refractivity contribution in [3.05, 3.63) is 18.5 Å². The molecular weight excluding hydrogens is 334 g/mol. The number of hydrogen-bond acceptors (Lipinski definition) is 6. The van der Waals surface area contributed by atoms with E-state index in [9.17, 15) is 0 Å². The number of aliphatic imine (C=N–C) groups is 1. The lowest BCUT2D eigenvalue weighted by molar-refractivity contribution is 0.260. The Labute approximate surface area is 155 Å². The zero-order chi connectivity index (χ0) is 17.7. The van der Waals surface area contributed by atoms with Gasteiger partial charge in [0.2, 0.25) is 5.95 Å². The second-order valence-corrected chi connectivity index (χ2v) is 6.99. The van der Waals surface area contributed by atoms with E-state index < -0.39 is 0 Å². The number of aromatic nitrogens is 2. The van der Waals surface area contributed by atoms with Crippen molar-refractivity contribution < 1.29 is 0 Å². The summed E-state index contributed by atoms with van der Waals surface area (Å²) in [5, 5.41) is 6.79. The molecule has 0 atom stereocenters. The van der Waals surface area contributed by atoms with Crippen LogP contribution in [0.4, 0.5) is 5.95 Å². The van der Waals surface area contributed by atoms with E-state index in [2.05, 4.69) is 41.6 Å². The molecule has 1 fully saturated rings. The summed E-state index contributed by atoms with van der Waals surface area (Å²) in [6, 6.07) is 1.86. The Kier molecular flexibility index (Phi) is 9.43. The molecular formula is C17H31N7S. The van der Waals surface area contributed by atoms with E-state index >= 15 is 0 Å². The van der Waals surface area contributed by atoms with Crippen LogP contribution in [0, 0.1) is 0 Å². The third-order valence-electron chi connectivity index (χ3n) is 4.22. The first kappa shape index (κ1) is 19.8. The van der Waals surface area contributed by atoms with Crippen LogP contribution in [-0.2, 0) is 0 Å². The summed E-state index contributed by atoms with van der Waals surface area (Å²) in [6.45, 7) is 6.96. The van der Waals surface area contributed by atoms with Crippen LogP contribution < -0.4 is 15.5 Å². The van der Waals surface area contributed by atoms with E-state index in [-0.39, 0.29) is 0 Å². The van der Waals surface area contributed by atoms with Gasteiger partial charge in [0.05, 0.1) is 0 Å². The van der Waals surface area contributed by atoms with Crippen molar-refractivity contribution in [2.45, 2.75) is 12.8 Å². The SMILES string of the molecule is CN=C(NCCCCSC)NCCN1CCN(c2ncccn2)CC1. The summed E-state index contributed by atoms with van der Waals surface area (Å²) in [7, 11) is 1.83. The summed E-state index contributed by atoms with van der Waals surface area (Å²) in [5.74, 6) is 2.97. The highest BCUT2D eigenvalue weighted by atomic mass is 32.2. The number of piperazine rings is 1. The van der Waals surface area contributed by atoms with Crippen LogP contribution in [0.1, 0.15) is 12.8 Å². The van der Waals surface area contributed by atoms with Crippen LogP contribution >= 0.6 is 11.8 Å². The van der Waals surface area contributed by atoms with Gasteiger partial charge in [-0.25, -0.2) is 9.97 Å². The molecule has 2 rings (SSSR count). The van der Waals surface area contributed by atoms with Gasteiger partial charge in [0.15, 0.2) is 5.96 Å². The molecule has 0 bridgehead atoms. The van der Waals surface area contributed by atoms with Crippen LogP contribution in [0.5, 0.6) is 0 Å². The number of unbranched alkanes of at least 4 members (excludes halogenated alkanes) is 1. The molecule has 0 spiro atoms. The standard InChI is InChI=1S/C17H31N7S/c1-18-16(19-6-3-4-15-25-2)20-9-10-23-11-13-24(14-12-23)17-21-7-5-8-22-17/h5,7-8H,3-4,6,9-15H2,1-2H3,(H2,18,19,20). The number of anilines is 1. The molecule has 1 aromatic heterocycles. The Morgan fingerprint density at radius 3 is 2.52 bits per heavy atom. The first-order valence-electron chi connectivity index (χ1n) is 9.01. The molecule has 2 N–H and O–H groups in total. The molecule has 7 nitrogen and oxygen atoms in total. The highest BCUT2D eigenvalue weighted by Crippen LogP contribution is 2.08. The van der Waals surface area contributed by atoms with Crippen LogP contribution in [0.3, 0.4) is 0 Å². The fourth-order valence-electron chi connectivity index (χ4n) is 2.76. The van der Waals surface area contributed by atoms with E-state index in [4.69, 9.17) is 0 Å². The molecule has 140 valence electrons. The average molecular weight is 366 g/mol. The number of guanidine groups is 1. The van der Waals surface area contributed by atoms with Gasteiger partial charge >= 0.3 is 0 Å². The highest BCUT2D eigenvalue weighted by molar-refractivity contribution is 7.98. The predicted octanol–water partition coefficient (Wildman–Crippen LogP) is 0.907. The smallest absolute Gasteiger partial charge is 0.225 e. The van der Waals surface area contributed by atoms with Crippen molar-refractivity contribution in [1.29, 1.82) is 0 Å². The highest BCUT2D eigenvalue weighted by Gasteiger charge is 2.18. The number of thioether (sulfide) groups is 1. The van der Waals surface area contributed by atoms with Crippen LogP contribution in [0.15, 0.2) is 23.5 Å². The lowest BCUT2D eigenvalue weighted by Crippen LogP contribution is -2.49. The van der Waals surface area contributed by atoms with Crippen LogP contribution in [-0.4, -0.2) is 85.7 Å². The summed E-state index contributed by atoms with van der Waals surface area (Å²) in [4.78, 5) is 17.7. The maximum Gasteiger partial charge on any atom is 0.225 e. The summed E-state index contributed by atoms with van der Waals surface area (Å²) in [5.41, 5.74) is 0.